The Morgan fingerprint density at radius 3 is 2.42 bits per heavy atom. The van der Waals surface area contributed by atoms with Crippen molar-refractivity contribution < 1.29 is 4.74 Å². The lowest BCUT2D eigenvalue weighted by Crippen LogP contribution is -2.27. The number of fused-ring (bicyclic) bond motifs is 5. The Hall–Kier alpha value is -2.85. The molecule has 26 heavy (non-hydrogen) atoms. The molecule has 0 fully saturated rings. The van der Waals surface area contributed by atoms with Crippen molar-refractivity contribution in [2.24, 2.45) is 0 Å². The normalized spacial score (nSPS) is 11.7. The van der Waals surface area contributed by atoms with E-state index in [2.05, 4.69) is 23.1 Å². The number of likely N-dealkylation sites (N-methyl/N-ethyl adjacent to an activating group) is 1. The quantitative estimate of drug-likeness (QED) is 0.526. The summed E-state index contributed by atoms with van der Waals surface area (Å²) in [6.45, 7) is 1.42. The van der Waals surface area contributed by atoms with Crippen molar-refractivity contribution in [3.05, 3.63) is 65.0 Å². The zero-order valence-electron chi connectivity index (χ0n) is 15.3. The lowest BCUT2D eigenvalue weighted by molar-refractivity contribution is 0.384. The first kappa shape index (κ1) is 16.6. The Bertz CT molecular complexity index is 1180. The zero-order valence-corrected chi connectivity index (χ0v) is 15.3. The Balaban J connectivity index is 2.24. The topological polar surface area (TPSA) is 34.5 Å². The van der Waals surface area contributed by atoms with Crippen molar-refractivity contribution in [3.8, 4) is 5.75 Å². The van der Waals surface area contributed by atoms with Gasteiger partial charge in [0.05, 0.1) is 12.6 Å². The van der Waals surface area contributed by atoms with Crippen molar-refractivity contribution in [2.75, 3.05) is 27.7 Å². The molecule has 4 nitrogen and oxygen atoms in total. The van der Waals surface area contributed by atoms with Crippen LogP contribution in [0.15, 0.2) is 59.4 Å². The van der Waals surface area contributed by atoms with Crippen LogP contribution in [0.1, 0.15) is 0 Å². The van der Waals surface area contributed by atoms with E-state index in [4.69, 9.17) is 4.74 Å². The van der Waals surface area contributed by atoms with Crippen molar-refractivity contribution in [1.29, 1.82) is 0 Å². The van der Waals surface area contributed by atoms with Gasteiger partial charge in [0, 0.05) is 29.2 Å². The van der Waals surface area contributed by atoms with Crippen LogP contribution in [0, 0.1) is 0 Å². The minimum absolute atomic E-state index is 0.0494. The van der Waals surface area contributed by atoms with E-state index in [0.29, 0.717) is 6.54 Å². The highest BCUT2D eigenvalue weighted by Gasteiger charge is 2.15. The van der Waals surface area contributed by atoms with Gasteiger partial charge in [-0.2, -0.15) is 0 Å². The van der Waals surface area contributed by atoms with Gasteiger partial charge in [-0.05, 0) is 37.0 Å². The van der Waals surface area contributed by atoms with Crippen LogP contribution in [0.25, 0.3) is 32.4 Å². The summed E-state index contributed by atoms with van der Waals surface area (Å²) in [5.41, 5.74) is 0.999. The van der Waals surface area contributed by atoms with Crippen LogP contribution in [0.5, 0.6) is 5.75 Å². The van der Waals surface area contributed by atoms with E-state index >= 15 is 0 Å². The van der Waals surface area contributed by atoms with Crippen LogP contribution in [-0.4, -0.2) is 37.2 Å². The Kier molecular flexibility index (Phi) is 4.13. The largest absolute Gasteiger partial charge is 0.496 e. The number of nitrogens with zero attached hydrogens (tertiary/aromatic N) is 2. The SMILES string of the molecule is COc1cccc2ccc3c4ccccc4c(=O)n(CCN(C)C)c3c12. The molecule has 0 radical (unpaired) electrons. The monoisotopic (exact) mass is 346 g/mol. The highest BCUT2D eigenvalue weighted by atomic mass is 16.5. The number of rotatable bonds is 4. The molecule has 4 heteroatoms. The second-order valence-corrected chi connectivity index (χ2v) is 6.83. The third-order valence-corrected chi connectivity index (χ3v) is 4.93. The number of hydrogen-bond acceptors (Lipinski definition) is 3. The first-order chi connectivity index (χ1) is 12.6. The molecular formula is C22H22N2O2. The Labute approximate surface area is 152 Å². The van der Waals surface area contributed by atoms with Crippen LogP contribution in [-0.2, 0) is 6.54 Å². The van der Waals surface area contributed by atoms with Crippen molar-refractivity contribution in [2.45, 2.75) is 6.54 Å². The minimum atomic E-state index is 0.0494. The van der Waals surface area contributed by atoms with Gasteiger partial charge in [0.15, 0.2) is 0 Å². The summed E-state index contributed by atoms with van der Waals surface area (Å²) in [5, 5.41) is 4.89. The highest BCUT2D eigenvalue weighted by molar-refractivity contribution is 6.17. The second kappa shape index (κ2) is 6.46. The van der Waals surface area contributed by atoms with Crippen molar-refractivity contribution >= 4 is 32.4 Å². The van der Waals surface area contributed by atoms with E-state index in [1.54, 1.807) is 7.11 Å². The summed E-state index contributed by atoms with van der Waals surface area (Å²) in [5.74, 6) is 0.793. The van der Waals surface area contributed by atoms with E-state index in [9.17, 15) is 4.79 Å². The molecule has 1 aromatic heterocycles. The third kappa shape index (κ3) is 2.54. The fourth-order valence-corrected chi connectivity index (χ4v) is 3.66. The van der Waals surface area contributed by atoms with Crippen molar-refractivity contribution in [3.63, 3.8) is 0 Å². The van der Waals surface area contributed by atoms with Gasteiger partial charge < -0.3 is 14.2 Å². The molecule has 0 aliphatic carbocycles. The van der Waals surface area contributed by atoms with Crippen LogP contribution in [0.3, 0.4) is 0 Å². The predicted molar refractivity (Wildman–Crippen MR) is 108 cm³/mol. The van der Waals surface area contributed by atoms with Crippen molar-refractivity contribution in [1.82, 2.24) is 9.47 Å². The molecule has 0 amide bonds. The fraction of sp³-hybridized carbons (Fsp3) is 0.227. The summed E-state index contributed by atoms with van der Waals surface area (Å²) < 4.78 is 7.55. The fourth-order valence-electron chi connectivity index (χ4n) is 3.66. The van der Waals surface area contributed by atoms with Gasteiger partial charge in [-0.3, -0.25) is 4.79 Å². The van der Waals surface area contributed by atoms with E-state index in [-0.39, 0.29) is 5.56 Å². The predicted octanol–water partition coefficient (Wildman–Crippen LogP) is 3.88. The number of benzene rings is 3. The van der Waals surface area contributed by atoms with Gasteiger partial charge in [0.2, 0.25) is 0 Å². The summed E-state index contributed by atoms with van der Waals surface area (Å²) in [6.07, 6.45) is 0. The average Bonchev–Trinajstić information content (AvgIpc) is 2.66. The standard InChI is InChI=1S/C22H22N2O2/c1-23(2)13-14-24-21-17(16-8-4-5-9-18(16)22(24)25)12-11-15-7-6-10-19(26-3)20(15)21/h4-12H,13-14H2,1-3H3. The molecule has 0 atom stereocenters. The molecule has 132 valence electrons. The molecule has 4 aromatic rings. The van der Waals surface area contributed by atoms with Crippen LogP contribution in [0.2, 0.25) is 0 Å². The smallest absolute Gasteiger partial charge is 0.258 e. The maximum absolute atomic E-state index is 13.3. The molecule has 4 rings (SSSR count). The van der Waals surface area contributed by atoms with Crippen LogP contribution in [0.4, 0.5) is 0 Å². The molecular weight excluding hydrogens is 324 g/mol. The van der Waals surface area contributed by atoms with E-state index in [0.717, 1.165) is 44.7 Å². The molecule has 0 N–H and O–H groups in total. The second-order valence-electron chi connectivity index (χ2n) is 6.83. The molecule has 0 saturated carbocycles. The molecule has 1 heterocycles. The first-order valence-electron chi connectivity index (χ1n) is 8.77. The van der Waals surface area contributed by atoms with Gasteiger partial charge in [-0.1, -0.05) is 42.5 Å². The Morgan fingerprint density at radius 2 is 1.69 bits per heavy atom. The van der Waals surface area contributed by atoms with Crippen LogP contribution >= 0.6 is 0 Å². The molecule has 0 spiro atoms. The van der Waals surface area contributed by atoms with Gasteiger partial charge in [0.1, 0.15) is 5.75 Å². The summed E-state index contributed by atoms with van der Waals surface area (Å²) >= 11 is 0. The maximum Gasteiger partial charge on any atom is 0.258 e. The molecule has 0 saturated heterocycles. The zero-order chi connectivity index (χ0) is 18.3. The van der Waals surface area contributed by atoms with Gasteiger partial charge >= 0.3 is 0 Å². The summed E-state index contributed by atoms with van der Waals surface area (Å²) in [7, 11) is 5.72. The number of pyridine rings is 1. The maximum atomic E-state index is 13.3. The molecule has 0 unspecified atom stereocenters. The van der Waals surface area contributed by atoms with E-state index in [1.165, 1.54) is 0 Å². The van der Waals surface area contributed by atoms with E-state index < -0.39 is 0 Å². The van der Waals surface area contributed by atoms with Gasteiger partial charge in [-0.15, -0.1) is 0 Å². The van der Waals surface area contributed by atoms with Crippen LogP contribution < -0.4 is 10.3 Å². The van der Waals surface area contributed by atoms with Gasteiger partial charge in [-0.25, -0.2) is 0 Å². The lowest BCUT2D eigenvalue weighted by atomic mass is 10.00. The highest BCUT2D eigenvalue weighted by Crippen LogP contribution is 2.34. The molecule has 3 aromatic carbocycles. The number of aromatic nitrogens is 1. The molecule has 0 aliphatic rings. The summed E-state index contributed by atoms with van der Waals surface area (Å²) in [4.78, 5) is 15.4. The molecule has 0 bridgehead atoms. The Morgan fingerprint density at radius 1 is 0.923 bits per heavy atom. The third-order valence-electron chi connectivity index (χ3n) is 4.93. The molecule has 0 aliphatic heterocycles. The lowest BCUT2D eigenvalue weighted by Gasteiger charge is -2.18. The average molecular weight is 346 g/mol. The number of ether oxygens (including phenoxy) is 1. The number of hydrogen-bond donors (Lipinski definition) is 0. The summed E-state index contributed by atoms with van der Waals surface area (Å²) in [6, 6.07) is 18.1. The minimum Gasteiger partial charge on any atom is -0.496 e. The number of methoxy groups -OCH3 is 1. The van der Waals surface area contributed by atoms with Gasteiger partial charge in [0.25, 0.3) is 5.56 Å². The van der Waals surface area contributed by atoms with E-state index in [1.807, 2.05) is 55.1 Å². The first-order valence-corrected chi connectivity index (χ1v) is 8.77.